The smallest absolute Gasteiger partial charge is 0.239 e. The number of nitrogens with one attached hydrogen (secondary N) is 1. The first-order valence-corrected chi connectivity index (χ1v) is 11.2. The zero-order chi connectivity index (χ0) is 20.0. The van der Waals surface area contributed by atoms with Gasteiger partial charge >= 0.3 is 0 Å². The third kappa shape index (κ3) is 5.33. The monoisotopic (exact) mass is 389 g/mol. The van der Waals surface area contributed by atoms with Crippen LogP contribution in [0.25, 0.3) is 0 Å². The molecule has 2 rings (SSSR count). The van der Waals surface area contributed by atoms with E-state index < -0.39 is 0 Å². The second-order valence-corrected chi connectivity index (χ2v) is 9.53. The maximum atomic E-state index is 12.6. The molecule has 150 valence electrons. The highest BCUT2D eigenvalue weighted by Crippen LogP contribution is 2.45. The zero-order valence-corrected chi connectivity index (χ0v) is 18.5. The molecule has 1 heterocycles. The van der Waals surface area contributed by atoms with Gasteiger partial charge in [0.15, 0.2) is 0 Å². The molecule has 27 heavy (non-hydrogen) atoms. The van der Waals surface area contributed by atoms with E-state index in [1.165, 1.54) is 10.4 Å². The largest absolute Gasteiger partial charge is 0.315 e. The molecule has 1 aliphatic rings. The molecule has 1 atom stereocenters. The van der Waals surface area contributed by atoms with Crippen LogP contribution in [0, 0.1) is 22.7 Å². The number of rotatable bonds is 9. The van der Waals surface area contributed by atoms with E-state index in [1.54, 1.807) is 11.3 Å². The van der Waals surface area contributed by atoms with Crippen LogP contribution in [0.5, 0.6) is 0 Å². The fourth-order valence-electron chi connectivity index (χ4n) is 4.02. The topological polar surface area (TPSA) is 56.1 Å². The average Bonchev–Trinajstić information content (AvgIpc) is 2.97. The number of amides is 1. The van der Waals surface area contributed by atoms with Crippen molar-refractivity contribution in [3.63, 3.8) is 0 Å². The zero-order valence-electron chi connectivity index (χ0n) is 17.7. The van der Waals surface area contributed by atoms with Gasteiger partial charge in [0.05, 0.1) is 12.1 Å². The third-order valence-electron chi connectivity index (χ3n) is 6.09. The number of carbonyl (C=O) groups excluding carboxylic acids is 1. The minimum Gasteiger partial charge on any atom is -0.315 e. The van der Waals surface area contributed by atoms with Gasteiger partial charge in [-0.15, -0.1) is 11.3 Å². The Morgan fingerprint density at radius 1 is 1.30 bits per heavy atom. The van der Waals surface area contributed by atoms with Crippen LogP contribution >= 0.6 is 11.3 Å². The molecule has 0 spiro atoms. The van der Waals surface area contributed by atoms with E-state index in [0.717, 1.165) is 56.6 Å². The van der Waals surface area contributed by atoms with E-state index in [1.807, 2.05) is 0 Å². The Morgan fingerprint density at radius 3 is 2.52 bits per heavy atom. The second-order valence-electron chi connectivity index (χ2n) is 8.43. The van der Waals surface area contributed by atoms with Gasteiger partial charge in [0, 0.05) is 4.88 Å². The molecule has 1 aliphatic carbocycles. The van der Waals surface area contributed by atoms with Crippen molar-refractivity contribution in [1.82, 2.24) is 4.90 Å². The second kappa shape index (κ2) is 9.71. The summed E-state index contributed by atoms with van der Waals surface area (Å²) in [5.74, 6) is 0.644. The summed E-state index contributed by atoms with van der Waals surface area (Å²) in [7, 11) is 0. The predicted octanol–water partition coefficient (Wildman–Crippen LogP) is 5.22. The summed E-state index contributed by atoms with van der Waals surface area (Å²) in [6, 6.07) is 2.36. The molecule has 1 N–H and O–H groups in total. The van der Waals surface area contributed by atoms with Crippen molar-refractivity contribution in [2.45, 2.75) is 73.1 Å². The first kappa shape index (κ1) is 21.9. The predicted molar refractivity (Wildman–Crippen MR) is 114 cm³/mol. The highest BCUT2D eigenvalue weighted by Gasteiger charge is 2.34. The lowest BCUT2D eigenvalue weighted by Gasteiger charge is -2.36. The van der Waals surface area contributed by atoms with Gasteiger partial charge in [-0.2, -0.15) is 5.26 Å². The summed E-state index contributed by atoms with van der Waals surface area (Å²) < 4.78 is 0. The number of carbonyl (C=O) groups is 1. The highest BCUT2D eigenvalue weighted by atomic mass is 32.1. The average molecular weight is 390 g/mol. The molecular formula is C22H35N3OS. The molecule has 0 saturated carbocycles. The van der Waals surface area contributed by atoms with Gasteiger partial charge < -0.3 is 5.32 Å². The molecule has 0 radical (unpaired) electrons. The van der Waals surface area contributed by atoms with E-state index in [0.29, 0.717) is 23.4 Å². The fourth-order valence-corrected chi connectivity index (χ4v) is 5.31. The van der Waals surface area contributed by atoms with Gasteiger partial charge in [0.25, 0.3) is 0 Å². The van der Waals surface area contributed by atoms with E-state index in [4.69, 9.17) is 0 Å². The van der Waals surface area contributed by atoms with Crippen LogP contribution < -0.4 is 5.32 Å². The van der Waals surface area contributed by atoms with E-state index in [9.17, 15) is 10.1 Å². The molecule has 1 aromatic heterocycles. The maximum Gasteiger partial charge on any atom is 0.239 e. The molecule has 1 unspecified atom stereocenters. The molecule has 4 nitrogen and oxygen atoms in total. The Labute approximate surface area is 168 Å². The van der Waals surface area contributed by atoms with Crippen molar-refractivity contribution >= 4 is 22.2 Å². The summed E-state index contributed by atoms with van der Waals surface area (Å²) in [5, 5.41) is 13.5. The van der Waals surface area contributed by atoms with Crippen molar-refractivity contribution in [2.24, 2.45) is 11.3 Å². The van der Waals surface area contributed by atoms with E-state index >= 15 is 0 Å². The van der Waals surface area contributed by atoms with Gasteiger partial charge in [-0.3, -0.25) is 9.69 Å². The lowest BCUT2D eigenvalue weighted by atomic mass is 9.69. The number of anilines is 1. The SMILES string of the molecule is CCCN(CCC)CC(=O)Nc1sc2c(c1C#N)CCC(C(C)(C)CC)C2. The number of thiophene rings is 1. The summed E-state index contributed by atoms with van der Waals surface area (Å²) in [4.78, 5) is 16.1. The minimum atomic E-state index is -0.00238. The van der Waals surface area contributed by atoms with Crippen molar-refractivity contribution in [3.8, 4) is 6.07 Å². The molecule has 1 amide bonds. The summed E-state index contributed by atoms with van der Waals surface area (Å²) in [6.07, 6.45) is 6.36. The van der Waals surface area contributed by atoms with Crippen LogP contribution in [-0.2, 0) is 17.6 Å². The Morgan fingerprint density at radius 2 is 1.96 bits per heavy atom. The van der Waals surface area contributed by atoms with Crippen LogP contribution in [0.1, 0.15) is 76.3 Å². The Hall–Kier alpha value is -1.38. The van der Waals surface area contributed by atoms with Crippen molar-refractivity contribution in [2.75, 3.05) is 25.0 Å². The molecule has 1 aromatic rings. The summed E-state index contributed by atoms with van der Waals surface area (Å²) in [6.45, 7) is 13.5. The van der Waals surface area contributed by atoms with Gasteiger partial charge in [-0.25, -0.2) is 0 Å². The third-order valence-corrected chi connectivity index (χ3v) is 7.26. The molecule has 0 aromatic carbocycles. The standard InChI is InChI=1S/C22H35N3OS/c1-6-11-25(12-7-2)15-20(26)24-21-18(14-23)17-10-9-16(13-19(17)27-21)22(4,5)8-3/h16H,6-13,15H2,1-5H3,(H,24,26). The molecule has 5 heteroatoms. The molecular weight excluding hydrogens is 354 g/mol. The van der Waals surface area contributed by atoms with Crippen LogP contribution in [0.2, 0.25) is 0 Å². The lowest BCUT2D eigenvalue weighted by molar-refractivity contribution is -0.117. The first-order chi connectivity index (χ1) is 12.9. The fraction of sp³-hybridized carbons (Fsp3) is 0.727. The van der Waals surface area contributed by atoms with E-state index in [-0.39, 0.29) is 5.91 Å². The van der Waals surface area contributed by atoms with E-state index in [2.05, 4.69) is 50.9 Å². The van der Waals surface area contributed by atoms with Crippen molar-refractivity contribution < 1.29 is 4.79 Å². The Bertz CT molecular complexity index is 680. The Kier molecular flexibility index (Phi) is 7.88. The molecule has 0 saturated heterocycles. The lowest BCUT2D eigenvalue weighted by Crippen LogP contribution is -2.34. The van der Waals surface area contributed by atoms with Gasteiger partial charge in [0.2, 0.25) is 5.91 Å². The van der Waals surface area contributed by atoms with Crippen molar-refractivity contribution in [3.05, 3.63) is 16.0 Å². The summed E-state index contributed by atoms with van der Waals surface area (Å²) >= 11 is 1.63. The van der Waals surface area contributed by atoms with Gasteiger partial charge in [-0.1, -0.05) is 41.0 Å². The number of hydrogen-bond acceptors (Lipinski definition) is 4. The Balaban J connectivity index is 2.13. The van der Waals surface area contributed by atoms with Crippen molar-refractivity contribution in [1.29, 1.82) is 5.26 Å². The molecule has 0 bridgehead atoms. The molecule has 0 fully saturated rings. The van der Waals surface area contributed by atoms with Crippen LogP contribution in [0.15, 0.2) is 0 Å². The quantitative estimate of drug-likeness (QED) is 0.630. The highest BCUT2D eigenvalue weighted by molar-refractivity contribution is 7.16. The normalized spacial score (nSPS) is 16.9. The maximum absolute atomic E-state index is 12.6. The first-order valence-electron chi connectivity index (χ1n) is 10.4. The number of hydrogen-bond donors (Lipinski definition) is 1. The van der Waals surface area contributed by atoms with Gasteiger partial charge in [0.1, 0.15) is 11.1 Å². The minimum absolute atomic E-state index is 0.00238. The number of nitriles is 1. The molecule has 0 aliphatic heterocycles. The van der Waals surface area contributed by atoms with Crippen LogP contribution in [0.4, 0.5) is 5.00 Å². The van der Waals surface area contributed by atoms with Crippen LogP contribution in [0.3, 0.4) is 0 Å². The number of fused-ring (bicyclic) bond motifs is 1. The number of nitrogens with zero attached hydrogens (tertiary/aromatic N) is 2. The van der Waals surface area contributed by atoms with Crippen LogP contribution in [-0.4, -0.2) is 30.4 Å². The van der Waals surface area contributed by atoms with Gasteiger partial charge in [-0.05, 0) is 62.1 Å². The summed E-state index contributed by atoms with van der Waals surface area (Å²) in [5.41, 5.74) is 2.20.